The van der Waals surface area contributed by atoms with Crippen LogP contribution in [-0.4, -0.2) is 49.2 Å². The molecule has 6 heteroatoms. The molecule has 2 aromatic rings. The number of hydrogen-bond acceptors (Lipinski definition) is 5. The molecule has 1 unspecified atom stereocenters. The van der Waals surface area contributed by atoms with E-state index >= 15 is 0 Å². The Bertz CT molecular complexity index is 724. The van der Waals surface area contributed by atoms with Gasteiger partial charge in [-0.05, 0) is 44.3 Å². The van der Waals surface area contributed by atoms with Gasteiger partial charge in [0.25, 0.3) is 5.91 Å². The molecule has 1 atom stereocenters. The number of ether oxygens (including phenoxy) is 1. The number of furan rings is 1. The molecule has 1 heterocycles. The maximum atomic E-state index is 12.1. The van der Waals surface area contributed by atoms with Crippen molar-refractivity contribution in [3.63, 3.8) is 0 Å². The highest BCUT2D eigenvalue weighted by atomic mass is 16.5. The number of benzene rings is 1. The van der Waals surface area contributed by atoms with E-state index in [-0.39, 0.29) is 24.8 Å². The average molecular weight is 358 g/mol. The maximum Gasteiger partial charge on any atom is 0.287 e. The van der Waals surface area contributed by atoms with Crippen LogP contribution in [0.3, 0.4) is 0 Å². The van der Waals surface area contributed by atoms with E-state index in [2.05, 4.69) is 11.9 Å². The number of aliphatic hydroxyl groups excluding tert-OH is 1. The van der Waals surface area contributed by atoms with E-state index in [1.165, 1.54) is 0 Å². The predicted octanol–water partition coefficient (Wildman–Crippen LogP) is 2.24. The summed E-state index contributed by atoms with van der Waals surface area (Å²) >= 11 is 0. The molecule has 6 nitrogen and oxygen atoms in total. The van der Waals surface area contributed by atoms with Gasteiger partial charge in [0.2, 0.25) is 0 Å². The Morgan fingerprint density at radius 3 is 2.85 bits per heavy atom. The molecule has 0 aliphatic heterocycles. The molecule has 26 heavy (non-hydrogen) atoms. The van der Waals surface area contributed by atoms with Gasteiger partial charge >= 0.3 is 0 Å². The second-order valence-corrected chi connectivity index (χ2v) is 6.28. The van der Waals surface area contributed by atoms with Gasteiger partial charge in [0.05, 0.1) is 6.10 Å². The van der Waals surface area contributed by atoms with Crippen LogP contribution in [0.2, 0.25) is 0 Å². The quantitative estimate of drug-likeness (QED) is 0.637. The third kappa shape index (κ3) is 6.06. The Labute approximate surface area is 154 Å². The fourth-order valence-corrected chi connectivity index (χ4v) is 2.48. The fourth-order valence-electron chi connectivity index (χ4n) is 2.48. The minimum Gasteiger partial charge on any atom is -0.485 e. The summed E-state index contributed by atoms with van der Waals surface area (Å²) in [5.41, 5.74) is 1.04. The van der Waals surface area contributed by atoms with E-state index in [9.17, 15) is 9.90 Å². The summed E-state index contributed by atoms with van der Waals surface area (Å²) in [4.78, 5) is 13.9. The van der Waals surface area contributed by atoms with E-state index in [4.69, 9.17) is 9.15 Å². The third-order valence-electron chi connectivity index (χ3n) is 3.67. The summed E-state index contributed by atoms with van der Waals surface area (Å²) in [6.07, 6.45) is 1.91. The van der Waals surface area contributed by atoms with E-state index in [1.54, 1.807) is 12.1 Å². The number of allylic oxidation sites excluding steroid dienone is 1. The van der Waals surface area contributed by atoms with Crippen molar-refractivity contribution in [1.29, 1.82) is 0 Å². The SMILES string of the molecule is C=CCc1ccccc1OCc1ccc(C(=O)NCC(O)CN(C)C)o1. The van der Waals surface area contributed by atoms with Crippen LogP contribution in [0.1, 0.15) is 21.9 Å². The fraction of sp³-hybridized carbons (Fsp3) is 0.350. The number of nitrogens with zero attached hydrogens (tertiary/aromatic N) is 1. The van der Waals surface area contributed by atoms with Crippen LogP contribution < -0.4 is 10.1 Å². The predicted molar refractivity (Wildman–Crippen MR) is 100 cm³/mol. The molecule has 1 aromatic heterocycles. The van der Waals surface area contributed by atoms with Crippen LogP contribution in [0, 0.1) is 0 Å². The third-order valence-corrected chi connectivity index (χ3v) is 3.67. The molecule has 2 N–H and O–H groups in total. The average Bonchev–Trinajstić information content (AvgIpc) is 3.08. The lowest BCUT2D eigenvalue weighted by Gasteiger charge is -2.15. The summed E-state index contributed by atoms with van der Waals surface area (Å²) in [6.45, 7) is 4.61. The topological polar surface area (TPSA) is 74.9 Å². The van der Waals surface area contributed by atoms with Crippen molar-refractivity contribution >= 4 is 5.91 Å². The van der Waals surface area contributed by atoms with Crippen molar-refractivity contribution in [2.45, 2.75) is 19.1 Å². The van der Waals surface area contributed by atoms with Gasteiger partial charge in [0.1, 0.15) is 18.1 Å². The summed E-state index contributed by atoms with van der Waals surface area (Å²) in [5.74, 6) is 1.15. The molecule has 140 valence electrons. The number of rotatable bonds is 10. The summed E-state index contributed by atoms with van der Waals surface area (Å²) < 4.78 is 11.3. The zero-order valence-corrected chi connectivity index (χ0v) is 15.3. The Hall–Kier alpha value is -2.57. The molecule has 0 aliphatic carbocycles. The smallest absolute Gasteiger partial charge is 0.287 e. The van der Waals surface area contributed by atoms with Crippen molar-refractivity contribution in [3.05, 3.63) is 66.1 Å². The number of hydrogen-bond donors (Lipinski definition) is 2. The van der Waals surface area contributed by atoms with E-state index in [1.807, 2.05) is 49.3 Å². The van der Waals surface area contributed by atoms with Gasteiger partial charge < -0.3 is 24.5 Å². The van der Waals surface area contributed by atoms with Crippen molar-refractivity contribution in [2.24, 2.45) is 0 Å². The molecular formula is C20H26N2O4. The Kier molecular flexibility index (Phi) is 7.44. The van der Waals surface area contributed by atoms with E-state index in [0.717, 1.165) is 17.7 Å². The van der Waals surface area contributed by atoms with Crippen molar-refractivity contribution in [2.75, 3.05) is 27.2 Å². The van der Waals surface area contributed by atoms with Crippen molar-refractivity contribution in [3.8, 4) is 5.75 Å². The number of nitrogens with one attached hydrogen (secondary N) is 1. The van der Waals surface area contributed by atoms with Crippen molar-refractivity contribution < 1.29 is 19.1 Å². The first-order chi connectivity index (χ1) is 12.5. The van der Waals surface area contributed by atoms with Crippen LogP contribution in [0.25, 0.3) is 0 Å². The van der Waals surface area contributed by atoms with Gasteiger partial charge in [-0.1, -0.05) is 24.3 Å². The van der Waals surface area contributed by atoms with Gasteiger partial charge in [-0.2, -0.15) is 0 Å². The lowest BCUT2D eigenvalue weighted by atomic mass is 10.1. The lowest BCUT2D eigenvalue weighted by Crippen LogP contribution is -2.37. The number of amides is 1. The highest BCUT2D eigenvalue weighted by molar-refractivity contribution is 5.91. The molecule has 0 spiro atoms. The first kappa shape index (κ1) is 19.8. The second kappa shape index (κ2) is 9.79. The van der Waals surface area contributed by atoms with Gasteiger partial charge in [0, 0.05) is 13.1 Å². The molecule has 1 amide bonds. The first-order valence-corrected chi connectivity index (χ1v) is 8.51. The molecule has 2 rings (SSSR count). The molecular weight excluding hydrogens is 332 g/mol. The lowest BCUT2D eigenvalue weighted by molar-refractivity contribution is 0.0862. The standard InChI is InChI=1S/C20H26N2O4/c1-4-7-15-8-5-6-9-18(15)25-14-17-10-11-19(26-17)20(24)21-12-16(23)13-22(2)3/h4-6,8-11,16,23H,1,7,12-14H2,2-3H3,(H,21,24). The minimum atomic E-state index is -0.631. The Morgan fingerprint density at radius 1 is 1.35 bits per heavy atom. The summed E-state index contributed by atoms with van der Waals surface area (Å²) in [5, 5.41) is 12.4. The highest BCUT2D eigenvalue weighted by Crippen LogP contribution is 2.20. The molecule has 0 radical (unpaired) electrons. The first-order valence-electron chi connectivity index (χ1n) is 8.51. The van der Waals surface area contributed by atoms with Crippen LogP contribution in [0.4, 0.5) is 0 Å². The van der Waals surface area contributed by atoms with Crippen LogP contribution >= 0.6 is 0 Å². The number of carbonyl (C=O) groups excluding carboxylic acids is 1. The number of likely N-dealkylation sites (N-methyl/N-ethyl adjacent to an activating group) is 1. The van der Waals surface area contributed by atoms with Gasteiger partial charge in [-0.3, -0.25) is 4.79 Å². The molecule has 0 aliphatic rings. The van der Waals surface area contributed by atoms with Gasteiger partial charge in [0.15, 0.2) is 5.76 Å². The van der Waals surface area contributed by atoms with Gasteiger partial charge in [-0.25, -0.2) is 0 Å². The maximum absolute atomic E-state index is 12.1. The zero-order chi connectivity index (χ0) is 18.9. The molecule has 0 saturated heterocycles. The monoisotopic (exact) mass is 358 g/mol. The van der Waals surface area contributed by atoms with Crippen LogP contribution in [0.15, 0.2) is 53.5 Å². The molecule has 0 fully saturated rings. The number of carbonyl (C=O) groups is 1. The molecule has 1 aromatic carbocycles. The van der Waals surface area contributed by atoms with Crippen LogP contribution in [-0.2, 0) is 13.0 Å². The summed E-state index contributed by atoms with van der Waals surface area (Å²) in [6, 6.07) is 11.0. The molecule has 0 saturated carbocycles. The van der Waals surface area contributed by atoms with Gasteiger partial charge in [-0.15, -0.1) is 6.58 Å². The Morgan fingerprint density at radius 2 is 2.12 bits per heavy atom. The number of para-hydroxylation sites is 1. The number of aliphatic hydroxyl groups is 1. The normalized spacial score (nSPS) is 12.0. The van der Waals surface area contributed by atoms with Crippen molar-refractivity contribution in [1.82, 2.24) is 10.2 Å². The summed E-state index contributed by atoms with van der Waals surface area (Å²) in [7, 11) is 3.72. The van der Waals surface area contributed by atoms with Crippen LogP contribution in [0.5, 0.6) is 5.75 Å². The minimum absolute atomic E-state index is 0.165. The zero-order valence-electron chi connectivity index (χ0n) is 15.3. The Balaban J connectivity index is 1.87. The second-order valence-electron chi connectivity index (χ2n) is 6.28. The molecule has 0 bridgehead atoms. The van der Waals surface area contributed by atoms with E-state index in [0.29, 0.717) is 12.3 Å². The highest BCUT2D eigenvalue weighted by Gasteiger charge is 2.14. The van der Waals surface area contributed by atoms with E-state index < -0.39 is 6.10 Å². The largest absolute Gasteiger partial charge is 0.485 e.